The largest absolute Gasteiger partial charge is 0.473 e. The number of carbonyl (C=O) groups is 3. The Morgan fingerprint density at radius 3 is 2.24 bits per heavy atom. The molecule has 0 saturated carbocycles. The summed E-state index contributed by atoms with van der Waals surface area (Å²) in [6, 6.07) is 11.9. The van der Waals surface area contributed by atoms with E-state index in [1.54, 1.807) is 11.3 Å². The number of aliphatic carboxylic acids is 2. The van der Waals surface area contributed by atoms with E-state index in [-0.39, 0.29) is 5.91 Å². The lowest BCUT2D eigenvalue weighted by Crippen LogP contribution is -2.29. The van der Waals surface area contributed by atoms with Crippen LogP contribution in [0.5, 0.6) is 0 Å². The minimum atomic E-state index is -1.82. The Bertz CT molecular complexity index is 704. The highest BCUT2D eigenvalue weighted by Gasteiger charge is 2.08. The number of rotatable bonds is 5. The van der Waals surface area contributed by atoms with E-state index in [4.69, 9.17) is 19.8 Å². The zero-order valence-electron chi connectivity index (χ0n) is 13.9. The average Bonchev–Trinajstić information content (AvgIpc) is 3.02. The number of amides is 1. The molecule has 25 heavy (non-hydrogen) atoms. The van der Waals surface area contributed by atoms with Crippen LogP contribution in [0.3, 0.4) is 0 Å². The third kappa shape index (κ3) is 8.09. The minimum absolute atomic E-state index is 0.0216. The van der Waals surface area contributed by atoms with Gasteiger partial charge in [-0.2, -0.15) is 0 Å². The van der Waals surface area contributed by atoms with Crippen LogP contribution in [0.15, 0.2) is 41.8 Å². The lowest BCUT2D eigenvalue weighted by molar-refractivity contribution is -0.159. The van der Waals surface area contributed by atoms with Gasteiger partial charge in [0.25, 0.3) is 0 Å². The second-order valence-electron chi connectivity index (χ2n) is 5.23. The van der Waals surface area contributed by atoms with Crippen molar-refractivity contribution in [2.24, 2.45) is 0 Å². The molecule has 0 aliphatic carbocycles. The summed E-state index contributed by atoms with van der Waals surface area (Å²) in [6.07, 6.45) is 0. The SMILES string of the molecule is Cc1ccccc1NC(=O)CN(C)Cc1cccs1.O=C(O)C(=O)O. The summed E-state index contributed by atoms with van der Waals surface area (Å²) in [5.74, 6) is -3.63. The Balaban J connectivity index is 0.000000450. The number of anilines is 1. The number of benzene rings is 1. The maximum absolute atomic E-state index is 12.0. The number of thiophene rings is 1. The molecule has 0 radical (unpaired) electrons. The van der Waals surface area contributed by atoms with Crippen molar-refractivity contribution in [1.82, 2.24) is 4.90 Å². The van der Waals surface area contributed by atoms with E-state index in [0.29, 0.717) is 6.54 Å². The highest BCUT2D eigenvalue weighted by Crippen LogP contribution is 2.14. The summed E-state index contributed by atoms with van der Waals surface area (Å²) < 4.78 is 0. The van der Waals surface area contributed by atoms with Gasteiger partial charge in [0.2, 0.25) is 5.91 Å². The van der Waals surface area contributed by atoms with Crippen molar-refractivity contribution in [1.29, 1.82) is 0 Å². The summed E-state index contributed by atoms with van der Waals surface area (Å²) in [6.45, 7) is 3.19. The number of aryl methyl sites for hydroxylation is 1. The number of para-hydroxylation sites is 1. The second-order valence-corrected chi connectivity index (χ2v) is 6.26. The molecule has 0 spiro atoms. The molecule has 2 rings (SSSR count). The molecule has 3 N–H and O–H groups in total. The van der Waals surface area contributed by atoms with Crippen molar-refractivity contribution in [2.75, 3.05) is 18.9 Å². The van der Waals surface area contributed by atoms with Crippen molar-refractivity contribution in [3.63, 3.8) is 0 Å². The van der Waals surface area contributed by atoms with Crippen molar-refractivity contribution in [3.05, 3.63) is 52.2 Å². The highest BCUT2D eigenvalue weighted by atomic mass is 32.1. The van der Waals surface area contributed by atoms with Crippen LogP contribution < -0.4 is 5.32 Å². The number of nitrogens with one attached hydrogen (secondary N) is 1. The van der Waals surface area contributed by atoms with E-state index in [2.05, 4.69) is 16.8 Å². The van der Waals surface area contributed by atoms with Gasteiger partial charge in [-0.25, -0.2) is 9.59 Å². The summed E-state index contributed by atoms with van der Waals surface area (Å²) in [4.78, 5) is 33.4. The summed E-state index contributed by atoms with van der Waals surface area (Å²) in [7, 11) is 1.96. The van der Waals surface area contributed by atoms with Crippen LogP contribution in [-0.4, -0.2) is 46.6 Å². The van der Waals surface area contributed by atoms with Gasteiger partial charge in [-0.05, 0) is 37.0 Å². The molecule has 0 aliphatic rings. The molecule has 1 amide bonds. The van der Waals surface area contributed by atoms with E-state index in [1.807, 2.05) is 49.2 Å². The normalized spacial score (nSPS) is 9.88. The lowest BCUT2D eigenvalue weighted by atomic mass is 10.2. The molecule has 2 aromatic rings. The third-order valence-corrected chi connectivity index (χ3v) is 3.88. The van der Waals surface area contributed by atoms with Crippen LogP contribution >= 0.6 is 11.3 Å². The van der Waals surface area contributed by atoms with Crippen LogP contribution in [0.1, 0.15) is 10.4 Å². The number of carboxylic acids is 2. The smallest absolute Gasteiger partial charge is 0.414 e. The fourth-order valence-electron chi connectivity index (χ4n) is 1.87. The van der Waals surface area contributed by atoms with Gasteiger partial charge in [0.1, 0.15) is 0 Å². The van der Waals surface area contributed by atoms with Crippen LogP contribution in [0.25, 0.3) is 0 Å². The second kappa shape index (κ2) is 10.2. The molecule has 0 fully saturated rings. The number of likely N-dealkylation sites (N-methyl/N-ethyl adjacent to an activating group) is 1. The quantitative estimate of drug-likeness (QED) is 0.703. The molecule has 1 aromatic carbocycles. The standard InChI is InChI=1S/C15H18N2OS.C2H2O4/c1-12-6-3-4-8-14(12)16-15(18)11-17(2)10-13-7-5-9-19-13;3-1(4)2(5)6/h3-9H,10-11H2,1-2H3,(H,16,18);(H,3,4)(H,5,6). The summed E-state index contributed by atoms with van der Waals surface area (Å²) in [5, 5.41) is 19.8. The number of carbonyl (C=O) groups excluding carboxylic acids is 1. The first kappa shape index (κ1) is 20.3. The summed E-state index contributed by atoms with van der Waals surface area (Å²) in [5.41, 5.74) is 1.97. The van der Waals surface area contributed by atoms with Gasteiger partial charge in [0.05, 0.1) is 6.54 Å². The molecule has 0 unspecified atom stereocenters. The van der Waals surface area contributed by atoms with Gasteiger partial charge in [0.15, 0.2) is 0 Å². The van der Waals surface area contributed by atoms with E-state index in [0.717, 1.165) is 17.8 Å². The molecule has 0 bridgehead atoms. The molecule has 1 heterocycles. The number of nitrogens with zero attached hydrogens (tertiary/aromatic N) is 1. The van der Waals surface area contributed by atoms with Crippen molar-refractivity contribution in [3.8, 4) is 0 Å². The minimum Gasteiger partial charge on any atom is -0.473 e. The first-order valence-corrected chi connectivity index (χ1v) is 8.20. The topological polar surface area (TPSA) is 107 Å². The molecule has 1 aromatic heterocycles. The predicted molar refractivity (Wildman–Crippen MR) is 95.7 cm³/mol. The van der Waals surface area contributed by atoms with E-state index in [1.165, 1.54) is 4.88 Å². The molecular weight excluding hydrogens is 344 g/mol. The van der Waals surface area contributed by atoms with Gasteiger partial charge in [-0.1, -0.05) is 24.3 Å². The van der Waals surface area contributed by atoms with Crippen LogP contribution in [0.4, 0.5) is 5.69 Å². The van der Waals surface area contributed by atoms with E-state index < -0.39 is 11.9 Å². The first-order valence-electron chi connectivity index (χ1n) is 7.32. The number of carboxylic acid groups (broad SMARTS) is 2. The first-order chi connectivity index (χ1) is 11.8. The Labute approximate surface area is 149 Å². The molecule has 0 saturated heterocycles. The average molecular weight is 364 g/mol. The fourth-order valence-corrected chi connectivity index (χ4v) is 2.66. The molecule has 8 heteroatoms. The molecule has 7 nitrogen and oxygen atoms in total. The zero-order valence-corrected chi connectivity index (χ0v) is 14.7. The van der Waals surface area contributed by atoms with Gasteiger partial charge in [0, 0.05) is 17.1 Å². The predicted octanol–water partition coefficient (Wildman–Crippen LogP) is 2.28. The van der Waals surface area contributed by atoms with Gasteiger partial charge in [-0.3, -0.25) is 9.69 Å². The molecular formula is C17H20N2O5S. The lowest BCUT2D eigenvalue weighted by Gasteiger charge is -2.16. The maximum Gasteiger partial charge on any atom is 0.414 e. The van der Waals surface area contributed by atoms with Crippen LogP contribution in [0, 0.1) is 6.92 Å². The Hall–Kier alpha value is -2.71. The van der Waals surface area contributed by atoms with Crippen LogP contribution in [-0.2, 0) is 20.9 Å². The maximum atomic E-state index is 12.0. The molecule has 134 valence electrons. The molecule has 0 aliphatic heterocycles. The number of hydrogen-bond donors (Lipinski definition) is 3. The third-order valence-electron chi connectivity index (χ3n) is 3.02. The number of hydrogen-bond acceptors (Lipinski definition) is 5. The van der Waals surface area contributed by atoms with Crippen LogP contribution in [0.2, 0.25) is 0 Å². The Morgan fingerprint density at radius 2 is 1.72 bits per heavy atom. The van der Waals surface area contributed by atoms with E-state index >= 15 is 0 Å². The highest BCUT2D eigenvalue weighted by molar-refractivity contribution is 7.09. The van der Waals surface area contributed by atoms with E-state index in [9.17, 15) is 4.79 Å². The van der Waals surface area contributed by atoms with Crippen molar-refractivity contribution < 1.29 is 24.6 Å². The Kier molecular flexibility index (Phi) is 8.31. The Morgan fingerprint density at radius 1 is 1.08 bits per heavy atom. The molecule has 0 atom stereocenters. The van der Waals surface area contributed by atoms with Gasteiger partial charge >= 0.3 is 11.9 Å². The van der Waals surface area contributed by atoms with Crippen molar-refractivity contribution >= 4 is 34.9 Å². The summed E-state index contributed by atoms with van der Waals surface area (Å²) >= 11 is 1.71. The zero-order chi connectivity index (χ0) is 18.8. The van der Waals surface area contributed by atoms with Crippen molar-refractivity contribution in [2.45, 2.75) is 13.5 Å². The van der Waals surface area contributed by atoms with Gasteiger partial charge in [-0.15, -0.1) is 11.3 Å². The fraction of sp³-hybridized carbons (Fsp3) is 0.235. The monoisotopic (exact) mass is 364 g/mol. The van der Waals surface area contributed by atoms with Gasteiger partial charge < -0.3 is 15.5 Å².